The number of allylic oxidation sites excluding steroid dienone is 1. The quantitative estimate of drug-likeness (QED) is 0.647. The highest BCUT2D eigenvalue weighted by Gasteiger charge is 2.31. The molecule has 0 saturated carbocycles. The van der Waals surface area contributed by atoms with Crippen LogP contribution in [0.1, 0.15) is 26.4 Å². The normalized spacial score (nSPS) is 14.7. The summed E-state index contributed by atoms with van der Waals surface area (Å²) in [7, 11) is 3.30. The van der Waals surface area contributed by atoms with Crippen LogP contribution in [0.3, 0.4) is 0 Å². The van der Waals surface area contributed by atoms with Gasteiger partial charge in [0.05, 0.1) is 24.3 Å². The second kappa shape index (κ2) is 9.34. The number of phenolic OH excluding ortho intramolecular Hbond substituents is 1. The number of nitrogens with zero attached hydrogens (tertiary/aromatic N) is 1. The van der Waals surface area contributed by atoms with Gasteiger partial charge in [0.2, 0.25) is 5.78 Å². The van der Waals surface area contributed by atoms with Gasteiger partial charge in [-0.15, -0.1) is 11.3 Å². The predicted molar refractivity (Wildman–Crippen MR) is 109 cm³/mol. The maximum Gasteiger partial charge on any atom is 0.232 e. The van der Waals surface area contributed by atoms with Gasteiger partial charge < -0.3 is 19.3 Å². The lowest BCUT2D eigenvalue weighted by Gasteiger charge is -2.23. The molecule has 7 heteroatoms. The van der Waals surface area contributed by atoms with E-state index in [0.29, 0.717) is 49.7 Å². The molecule has 0 radical (unpaired) electrons. The zero-order valence-electron chi connectivity index (χ0n) is 16.4. The molecule has 0 fully saturated rings. The van der Waals surface area contributed by atoms with Crippen molar-refractivity contribution in [2.45, 2.75) is 13.5 Å². The van der Waals surface area contributed by atoms with Crippen molar-refractivity contribution in [1.82, 2.24) is 4.90 Å². The van der Waals surface area contributed by atoms with Crippen LogP contribution in [0.15, 0.2) is 29.3 Å². The van der Waals surface area contributed by atoms with Gasteiger partial charge in [-0.2, -0.15) is 0 Å². The molecular weight excluding hydrogens is 378 g/mol. The summed E-state index contributed by atoms with van der Waals surface area (Å²) < 4.78 is 16.3. The van der Waals surface area contributed by atoms with Crippen molar-refractivity contribution < 1.29 is 24.1 Å². The second-order valence-electron chi connectivity index (χ2n) is 6.61. The molecule has 0 amide bonds. The Bertz CT molecular complexity index is 866. The molecule has 1 aromatic carbocycles. The third-order valence-electron chi connectivity index (χ3n) is 4.69. The Balaban J connectivity index is 1.89. The summed E-state index contributed by atoms with van der Waals surface area (Å²) >= 11 is 1.56. The Kier molecular flexibility index (Phi) is 6.85. The average molecular weight is 404 g/mol. The van der Waals surface area contributed by atoms with Gasteiger partial charge in [-0.25, -0.2) is 0 Å². The number of ether oxygens (including phenoxy) is 3. The molecule has 0 bridgehead atoms. The number of rotatable bonds is 9. The average Bonchev–Trinajstić information content (AvgIpc) is 3.23. The Morgan fingerprint density at radius 2 is 1.89 bits per heavy atom. The summed E-state index contributed by atoms with van der Waals surface area (Å²) in [5.41, 5.74) is 2.18. The lowest BCUT2D eigenvalue weighted by Crippen LogP contribution is -2.30. The Morgan fingerprint density at radius 1 is 1.18 bits per heavy atom. The van der Waals surface area contributed by atoms with Crippen molar-refractivity contribution in [3.05, 3.63) is 50.9 Å². The summed E-state index contributed by atoms with van der Waals surface area (Å²) in [6.45, 7) is 4.89. The number of benzene rings is 1. The Labute approximate surface area is 169 Å². The first-order valence-electron chi connectivity index (χ1n) is 9.08. The zero-order valence-corrected chi connectivity index (χ0v) is 17.2. The van der Waals surface area contributed by atoms with Gasteiger partial charge in [-0.3, -0.25) is 9.69 Å². The van der Waals surface area contributed by atoms with Crippen molar-refractivity contribution in [1.29, 1.82) is 0 Å². The lowest BCUT2D eigenvalue weighted by atomic mass is 10.0. The first-order valence-corrected chi connectivity index (χ1v) is 9.96. The van der Waals surface area contributed by atoms with Crippen LogP contribution in [0, 0.1) is 6.92 Å². The fourth-order valence-corrected chi connectivity index (χ4v) is 3.88. The minimum Gasteiger partial charge on any atom is -0.507 e. The van der Waals surface area contributed by atoms with Crippen LogP contribution < -0.4 is 4.74 Å². The monoisotopic (exact) mass is 403 g/mol. The number of phenols is 1. The summed E-state index contributed by atoms with van der Waals surface area (Å²) in [6, 6.07) is 5.18. The first-order chi connectivity index (χ1) is 13.5. The zero-order chi connectivity index (χ0) is 20.1. The maximum atomic E-state index is 12.8. The van der Waals surface area contributed by atoms with Gasteiger partial charge in [-0.05, 0) is 36.1 Å². The van der Waals surface area contributed by atoms with E-state index in [-0.39, 0.29) is 17.3 Å². The largest absolute Gasteiger partial charge is 0.507 e. The molecule has 0 atom stereocenters. The topological polar surface area (TPSA) is 68.2 Å². The van der Waals surface area contributed by atoms with E-state index in [1.54, 1.807) is 43.8 Å². The molecular formula is C21H25NO5S. The third-order valence-corrected chi connectivity index (χ3v) is 5.65. The van der Waals surface area contributed by atoms with Crippen molar-refractivity contribution in [3.8, 4) is 11.5 Å². The number of methoxy groups -OCH3 is 2. The number of carbonyl (C=O) groups is 1. The summed E-state index contributed by atoms with van der Waals surface area (Å²) in [5, 5.41) is 12.4. The Morgan fingerprint density at radius 3 is 2.50 bits per heavy atom. The van der Waals surface area contributed by atoms with Crippen molar-refractivity contribution in [2.75, 3.05) is 40.5 Å². The van der Waals surface area contributed by atoms with E-state index >= 15 is 0 Å². The molecule has 1 aliphatic rings. The number of aryl methyl sites for hydroxylation is 1. The molecule has 1 N–H and O–H groups in total. The molecule has 0 unspecified atom stereocenters. The molecule has 0 spiro atoms. The highest BCUT2D eigenvalue weighted by Crippen LogP contribution is 2.40. The minimum atomic E-state index is -0.163. The molecule has 2 aromatic rings. The highest BCUT2D eigenvalue weighted by atomic mass is 32.1. The van der Waals surface area contributed by atoms with Gasteiger partial charge in [0.25, 0.3) is 0 Å². The molecule has 3 rings (SSSR count). The van der Waals surface area contributed by atoms with Gasteiger partial charge in [0.15, 0.2) is 5.76 Å². The van der Waals surface area contributed by atoms with E-state index < -0.39 is 0 Å². The van der Waals surface area contributed by atoms with Gasteiger partial charge in [0, 0.05) is 44.8 Å². The van der Waals surface area contributed by atoms with Crippen LogP contribution >= 0.6 is 11.3 Å². The van der Waals surface area contributed by atoms with E-state index in [1.807, 2.05) is 18.4 Å². The number of fused-ring (bicyclic) bond motifs is 1. The minimum absolute atomic E-state index is 0.111. The molecule has 2 heterocycles. The van der Waals surface area contributed by atoms with E-state index in [9.17, 15) is 9.90 Å². The maximum absolute atomic E-state index is 12.8. The first kappa shape index (κ1) is 20.5. The summed E-state index contributed by atoms with van der Waals surface area (Å²) in [4.78, 5) is 15.9. The SMILES string of the molecule is COCCN(CCOC)Cc1c(O)ccc2c1OC(=Cc1sccc1C)C2=O. The van der Waals surface area contributed by atoms with Crippen LogP contribution in [-0.2, 0) is 16.0 Å². The number of hydrogen-bond donors (Lipinski definition) is 1. The molecule has 6 nitrogen and oxygen atoms in total. The van der Waals surface area contributed by atoms with Crippen molar-refractivity contribution in [3.63, 3.8) is 0 Å². The van der Waals surface area contributed by atoms with Gasteiger partial charge >= 0.3 is 0 Å². The van der Waals surface area contributed by atoms with Crippen LogP contribution in [-0.4, -0.2) is 56.3 Å². The van der Waals surface area contributed by atoms with Gasteiger partial charge in [-0.1, -0.05) is 0 Å². The predicted octanol–water partition coefficient (Wildman–Crippen LogP) is 3.47. The van der Waals surface area contributed by atoms with E-state index in [0.717, 1.165) is 10.4 Å². The van der Waals surface area contributed by atoms with Crippen LogP contribution in [0.25, 0.3) is 6.08 Å². The highest BCUT2D eigenvalue weighted by molar-refractivity contribution is 7.11. The van der Waals surface area contributed by atoms with Crippen LogP contribution in [0.4, 0.5) is 0 Å². The standard InChI is InChI=1S/C21H25NO5S/c1-14-6-11-28-19(14)12-18-20(24)15-4-5-17(23)16(21(15)27-18)13-22(7-9-25-2)8-10-26-3/h4-6,11-12,23H,7-10,13H2,1-3H3. The number of Topliss-reactive ketones (excluding diaryl/α,β-unsaturated/α-hetero) is 1. The van der Waals surface area contributed by atoms with Gasteiger partial charge in [0.1, 0.15) is 11.5 Å². The Hall–Kier alpha value is -2.19. The van der Waals surface area contributed by atoms with E-state index in [4.69, 9.17) is 14.2 Å². The molecule has 150 valence electrons. The molecule has 0 saturated heterocycles. The number of carbonyl (C=O) groups excluding carboxylic acids is 1. The van der Waals surface area contributed by atoms with E-state index in [1.165, 1.54) is 0 Å². The summed E-state index contributed by atoms with van der Waals surface area (Å²) in [5.74, 6) is 0.669. The van der Waals surface area contributed by atoms with E-state index in [2.05, 4.69) is 4.90 Å². The second-order valence-corrected chi connectivity index (χ2v) is 7.56. The number of ketones is 1. The number of hydrogen-bond acceptors (Lipinski definition) is 7. The molecule has 1 aliphatic heterocycles. The number of thiophene rings is 1. The fourth-order valence-electron chi connectivity index (χ4n) is 3.04. The molecule has 1 aromatic heterocycles. The number of aromatic hydroxyl groups is 1. The summed E-state index contributed by atoms with van der Waals surface area (Å²) in [6.07, 6.45) is 1.77. The lowest BCUT2D eigenvalue weighted by molar-refractivity contribution is 0.101. The molecule has 0 aliphatic carbocycles. The van der Waals surface area contributed by atoms with Crippen LogP contribution in [0.2, 0.25) is 0 Å². The van der Waals surface area contributed by atoms with Crippen molar-refractivity contribution in [2.24, 2.45) is 0 Å². The molecule has 28 heavy (non-hydrogen) atoms. The fraction of sp³-hybridized carbons (Fsp3) is 0.381. The third kappa shape index (κ3) is 4.44. The van der Waals surface area contributed by atoms with Crippen molar-refractivity contribution >= 4 is 23.2 Å². The smallest absolute Gasteiger partial charge is 0.232 e. The van der Waals surface area contributed by atoms with Crippen LogP contribution in [0.5, 0.6) is 11.5 Å².